The number of allylic oxidation sites excluding steroid dienone is 1. The minimum Gasteiger partial charge on any atom is -0.388 e. The Morgan fingerprint density at radius 3 is 2.91 bits per heavy atom. The maximum absolute atomic E-state index is 8.86. The third-order valence-corrected chi connectivity index (χ3v) is 1.06. The minimum atomic E-state index is -0.789. The number of ether oxygens (including phenoxy) is 1. The van der Waals surface area contributed by atoms with Gasteiger partial charge in [-0.2, -0.15) is 0 Å². The summed E-state index contributed by atoms with van der Waals surface area (Å²) < 4.78 is 4.58. The summed E-state index contributed by atoms with van der Waals surface area (Å²) in [5.41, 5.74) is 0. The van der Waals surface area contributed by atoms with Gasteiger partial charge in [0.05, 0.1) is 0 Å². The second-order valence-electron chi connectivity index (χ2n) is 1.96. The highest BCUT2D eigenvalue weighted by Crippen LogP contribution is 1.84. The molecule has 1 unspecified atom stereocenters. The van der Waals surface area contributed by atoms with Crippen molar-refractivity contribution >= 4 is 0 Å². The Hall–Kier alpha value is -0.800. The van der Waals surface area contributed by atoms with E-state index in [2.05, 4.69) is 10.1 Å². The molecule has 64 valence electrons. The molecule has 0 radical (unpaired) electrons. The zero-order chi connectivity index (χ0) is 8.53. The van der Waals surface area contributed by atoms with Gasteiger partial charge in [-0.1, -0.05) is 12.2 Å². The average Bonchev–Trinajstić information content (AvgIpc) is 2.04. The first-order valence-electron chi connectivity index (χ1n) is 3.53. The Morgan fingerprint density at radius 2 is 2.36 bits per heavy atom. The largest absolute Gasteiger partial charge is 0.388 e. The van der Waals surface area contributed by atoms with Crippen LogP contribution in [-0.4, -0.2) is 25.1 Å². The molecule has 2 N–H and O–H groups in total. The molecular formula is C8H15NO2. The monoisotopic (exact) mass is 157 g/mol. The van der Waals surface area contributed by atoms with E-state index in [1.807, 2.05) is 19.2 Å². The Balaban J connectivity index is 3.29. The highest BCUT2D eigenvalue weighted by molar-refractivity contribution is 4.88. The molecule has 3 heteroatoms. The normalized spacial score (nSPS) is 14.5. The fourth-order valence-electron chi connectivity index (χ4n) is 0.517. The highest BCUT2D eigenvalue weighted by Gasteiger charge is 1.89. The molecule has 0 aromatic carbocycles. The van der Waals surface area contributed by atoms with Crippen molar-refractivity contribution in [2.24, 2.45) is 0 Å². The number of rotatable bonds is 5. The van der Waals surface area contributed by atoms with Crippen molar-refractivity contribution in [3.05, 3.63) is 24.4 Å². The smallest absolute Gasteiger partial charge is 0.173 e. The lowest BCUT2D eigenvalue weighted by molar-refractivity contribution is -0.0357. The van der Waals surface area contributed by atoms with E-state index in [9.17, 15) is 0 Å². The minimum absolute atomic E-state index is 0.699. The van der Waals surface area contributed by atoms with Crippen molar-refractivity contribution in [2.75, 3.05) is 13.7 Å². The third-order valence-electron chi connectivity index (χ3n) is 1.06. The molecule has 11 heavy (non-hydrogen) atoms. The van der Waals surface area contributed by atoms with E-state index in [1.165, 1.54) is 7.11 Å². The Bertz CT molecular complexity index is 132. The standard InChI is InChI=1S/C8H15NO2/c1-3-6-9-7-4-5-8(10)11-2/h3-6,8-10H,7H2,1-2H3/b5-4+,6-3+. The van der Waals surface area contributed by atoms with E-state index < -0.39 is 6.29 Å². The van der Waals surface area contributed by atoms with Crippen molar-refractivity contribution in [2.45, 2.75) is 13.2 Å². The lowest BCUT2D eigenvalue weighted by atomic mass is 10.5. The maximum Gasteiger partial charge on any atom is 0.173 e. The molecule has 0 aromatic heterocycles. The van der Waals surface area contributed by atoms with Gasteiger partial charge in [-0.15, -0.1) is 0 Å². The van der Waals surface area contributed by atoms with Crippen LogP contribution in [-0.2, 0) is 4.74 Å². The topological polar surface area (TPSA) is 41.5 Å². The van der Waals surface area contributed by atoms with Gasteiger partial charge in [0.2, 0.25) is 0 Å². The van der Waals surface area contributed by atoms with Gasteiger partial charge in [0.1, 0.15) is 0 Å². The first-order chi connectivity index (χ1) is 5.31. The molecule has 0 aliphatic rings. The lowest BCUT2D eigenvalue weighted by Gasteiger charge is -2.00. The fourth-order valence-corrected chi connectivity index (χ4v) is 0.517. The molecular weight excluding hydrogens is 142 g/mol. The summed E-state index contributed by atoms with van der Waals surface area (Å²) in [6.45, 7) is 2.63. The lowest BCUT2D eigenvalue weighted by Crippen LogP contribution is -2.07. The Labute approximate surface area is 67.4 Å². The number of hydrogen-bond donors (Lipinski definition) is 2. The molecule has 0 fully saturated rings. The summed E-state index contributed by atoms with van der Waals surface area (Å²) >= 11 is 0. The Morgan fingerprint density at radius 1 is 1.64 bits per heavy atom. The van der Waals surface area contributed by atoms with Gasteiger partial charge in [-0.3, -0.25) is 0 Å². The quantitative estimate of drug-likeness (QED) is 0.349. The van der Waals surface area contributed by atoms with Crippen LogP contribution in [0.25, 0.3) is 0 Å². The zero-order valence-electron chi connectivity index (χ0n) is 6.95. The molecule has 0 saturated carbocycles. The summed E-state index contributed by atoms with van der Waals surface area (Å²) in [6, 6.07) is 0. The fraction of sp³-hybridized carbons (Fsp3) is 0.500. The molecule has 0 heterocycles. The first-order valence-corrected chi connectivity index (χ1v) is 3.53. The number of nitrogens with one attached hydrogen (secondary N) is 1. The van der Waals surface area contributed by atoms with Crippen molar-refractivity contribution in [3.8, 4) is 0 Å². The van der Waals surface area contributed by atoms with Crippen LogP contribution >= 0.6 is 0 Å². The van der Waals surface area contributed by atoms with Crippen molar-refractivity contribution in [1.29, 1.82) is 0 Å². The van der Waals surface area contributed by atoms with E-state index in [4.69, 9.17) is 5.11 Å². The predicted molar refractivity (Wildman–Crippen MR) is 45.0 cm³/mol. The summed E-state index contributed by atoms with van der Waals surface area (Å²) in [7, 11) is 1.45. The van der Waals surface area contributed by atoms with E-state index in [1.54, 1.807) is 12.2 Å². The van der Waals surface area contributed by atoms with Crippen LogP contribution in [0.3, 0.4) is 0 Å². The third kappa shape index (κ3) is 7.09. The second-order valence-corrected chi connectivity index (χ2v) is 1.96. The molecule has 0 saturated heterocycles. The van der Waals surface area contributed by atoms with Gasteiger partial charge in [-0.05, 0) is 19.2 Å². The predicted octanol–water partition coefficient (Wildman–Crippen LogP) is 0.631. The van der Waals surface area contributed by atoms with Crippen molar-refractivity contribution < 1.29 is 9.84 Å². The van der Waals surface area contributed by atoms with Crippen LogP contribution < -0.4 is 5.32 Å². The van der Waals surface area contributed by atoms with Gasteiger partial charge >= 0.3 is 0 Å². The van der Waals surface area contributed by atoms with Crippen LogP contribution in [0.15, 0.2) is 24.4 Å². The summed E-state index contributed by atoms with van der Waals surface area (Å²) in [4.78, 5) is 0. The summed E-state index contributed by atoms with van der Waals surface area (Å²) in [5.74, 6) is 0. The van der Waals surface area contributed by atoms with Gasteiger partial charge in [0.15, 0.2) is 6.29 Å². The van der Waals surface area contributed by atoms with Crippen LogP contribution in [0, 0.1) is 0 Å². The van der Waals surface area contributed by atoms with E-state index in [0.717, 1.165) is 0 Å². The van der Waals surface area contributed by atoms with Crippen LogP contribution in [0.4, 0.5) is 0 Å². The molecule has 0 aliphatic carbocycles. The molecule has 0 amide bonds. The number of hydrogen-bond acceptors (Lipinski definition) is 3. The average molecular weight is 157 g/mol. The molecule has 0 bridgehead atoms. The van der Waals surface area contributed by atoms with Crippen molar-refractivity contribution in [1.82, 2.24) is 5.32 Å². The number of methoxy groups -OCH3 is 1. The van der Waals surface area contributed by atoms with E-state index in [-0.39, 0.29) is 0 Å². The highest BCUT2D eigenvalue weighted by atomic mass is 16.6. The Kier molecular flexibility index (Phi) is 6.78. The van der Waals surface area contributed by atoms with Crippen LogP contribution in [0.5, 0.6) is 0 Å². The summed E-state index contributed by atoms with van der Waals surface area (Å²) in [5, 5.41) is 11.8. The molecule has 0 rings (SSSR count). The van der Waals surface area contributed by atoms with Gasteiger partial charge in [0, 0.05) is 13.7 Å². The van der Waals surface area contributed by atoms with Gasteiger partial charge in [-0.25, -0.2) is 0 Å². The van der Waals surface area contributed by atoms with Crippen molar-refractivity contribution in [3.63, 3.8) is 0 Å². The second kappa shape index (κ2) is 7.31. The SMILES string of the molecule is C/C=C/NC/C=C/C(O)OC. The van der Waals surface area contributed by atoms with Gasteiger partial charge in [0.25, 0.3) is 0 Å². The number of aliphatic hydroxyl groups is 1. The summed E-state index contributed by atoms with van der Waals surface area (Å²) in [6.07, 6.45) is 6.33. The molecule has 0 aliphatic heterocycles. The molecule has 3 nitrogen and oxygen atoms in total. The molecule has 0 aromatic rings. The zero-order valence-corrected chi connectivity index (χ0v) is 6.95. The first kappa shape index (κ1) is 10.2. The van der Waals surface area contributed by atoms with E-state index >= 15 is 0 Å². The van der Waals surface area contributed by atoms with Crippen LogP contribution in [0.2, 0.25) is 0 Å². The van der Waals surface area contributed by atoms with Gasteiger partial charge < -0.3 is 15.2 Å². The molecule has 0 spiro atoms. The van der Waals surface area contributed by atoms with E-state index in [0.29, 0.717) is 6.54 Å². The molecule has 1 atom stereocenters. The maximum atomic E-state index is 8.86. The number of aliphatic hydroxyl groups excluding tert-OH is 1. The van der Waals surface area contributed by atoms with Crippen LogP contribution in [0.1, 0.15) is 6.92 Å².